The molecule has 3 aromatic rings. The van der Waals surface area contributed by atoms with Crippen LogP contribution in [0, 0.1) is 6.92 Å². The van der Waals surface area contributed by atoms with Gasteiger partial charge in [0.1, 0.15) is 5.75 Å². The number of carbonyl (C=O) groups excluding carboxylic acids is 2. The molecular weight excluding hydrogens is 404 g/mol. The molecule has 154 valence electrons. The Hall–Kier alpha value is -3.39. The molecule has 1 heterocycles. The molecule has 0 saturated carbocycles. The summed E-state index contributed by atoms with van der Waals surface area (Å²) in [6.45, 7) is 1.48. The first-order chi connectivity index (χ1) is 14.3. The van der Waals surface area contributed by atoms with Crippen molar-refractivity contribution >= 4 is 43.8 Å². The van der Waals surface area contributed by atoms with Gasteiger partial charge in [0.2, 0.25) is 5.91 Å². The molecule has 0 aromatic heterocycles. The van der Waals surface area contributed by atoms with Crippen LogP contribution in [0.1, 0.15) is 12.0 Å². The second kappa shape index (κ2) is 7.79. The number of hydrogen-bond donors (Lipinski definition) is 2. The standard InChI is InChI=1S/C22H20N2O5S/c1-14-11-18-19(29-13-22(26)24-18)12-20(14)30(27,28)10-9-21(25)23-17-8-4-6-15-5-2-3-7-16(15)17/h2-8,11-12H,9-10,13H2,1H3,(H,23,25)(H,24,26). The van der Waals surface area contributed by atoms with Gasteiger partial charge in [-0.15, -0.1) is 0 Å². The van der Waals surface area contributed by atoms with Gasteiger partial charge in [-0.1, -0.05) is 36.4 Å². The zero-order valence-electron chi connectivity index (χ0n) is 16.3. The van der Waals surface area contributed by atoms with Crippen molar-refractivity contribution < 1.29 is 22.7 Å². The highest BCUT2D eigenvalue weighted by atomic mass is 32.2. The first-order valence-corrected chi connectivity index (χ1v) is 11.1. The normalized spacial score (nSPS) is 13.3. The van der Waals surface area contributed by atoms with Gasteiger partial charge in [-0.2, -0.15) is 0 Å². The summed E-state index contributed by atoms with van der Waals surface area (Å²) in [5.41, 5.74) is 1.56. The summed E-state index contributed by atoms with van der Waals surface area (Å²) in [6, 6.07) is 16.2. The van der Waals surface area contributed by atoms with Crippen LogP contribution in [0.5, 0.6) is 5.75 Å². The number of benzene rings is 3. The number of carbonyl (C=O) groups is 2. The fraction of sp³-hybridized carbons (Fsp3) is 0.182. The lowest BCUT2D eigenvalue weighted by Gasteiger charge is -2.20. The molecule has 7 nitrogen and oxygen atoms in total. The van der Waals surface area contributed by atoms with Crippen LogP contribution >= 0.6 is 0 Å². The summed E-state index contributed by atoms with van der Waals surface area (Å²) in [7, 11) is -3.72. The minimum Gasteiger partial charge on any atom is -0.482 e. The molecule has 1 aliphatic heterocycles. The quantitative estimate of drug-likeness (QED) is 0.655. The van der Waals surface area contributed by atoms with Crippen LogP contribution < -0.4 is 15.4 Å². The molecule has 0 unspecified atom stereocenters. The summed E-state index contributed by atoms with van der Waals surface area (Å²) in [6.07, 6.45) is -0.181. The van der Waals surface area contributed by atoms with E-state index in [9.17, 15) is 18.0 Å². The van der Waals surface area contributed by atoms with Crippen molar-refractivity contribution in [1.82, 2.24) is 0 Å². The Morgan fingerprint density at radius 2 is 1.90 bits per heavy atom. The Morgan fingerprint density at radius 1 is 1.13 bits per heavy atom. The molecule has 2 amide bonds. The molecule has 0 saturated heterocycles. The van der Waals surface area contributed by atoms with Gasteiger partial charge in [0, 0.05) is 23.6 Å². The van der Waals surface area contributed by atoms with Crippen LogP contribution in [0.4, 0.5) is 11.4 Å². The van der Waals surface area contributed by atoms with Crippen molar-refractivity contribution in [2.75, 3.05) is 23.0 Å². The maximum Gasteiger partial charge on any atom is 0.262 e. The van der Waals surface area contributed by atoms with Crippen molar-refractivity contribution in [1.29, 1.82) is 0 Å². The summed E-state index contributed by atoms with van der Waals surface area (Å²) >= 11 is 0. The van der Waals surface area contributed by atoms with Gasteiger partial charge in [-0.25, -0.2) is 8.42 Å². The predicted molar refractivity (Wildman–Crippen MR) is 115 cm³/mol. The van der Waals surface area contributed by atoms with Gasteiger partial charge in [0.15, 0.2) is 16.4 Å². The first-order valence-electron chi connectivity index (χ1n) is 9.41. The van der Waals surface area contributed by atoms with E-state index in [-0.39, 0.29) is 35.5 Å². The largest absolute Gasteiger partial charge is 0.482 e. The monoisotopic (exact) mass is 424 g/mol. The van der Waals surface area contributed by atoms with Crippen LogP contribution in [0.2, 0.25) is 0 Å². The highest BCUT2D eigenvalue weighted by Crippen LogP contribution is 2.33. The number of rotatable bonds is 5. The van der Waals surface area contributed by atoms with E-state index in [4.69, 9.17) is 4.74 Å². The third-order valence-electron chi connectivity index (χ3n) is 4.91. The molecular formula is C22H20N2O5S. The number of fused-ring (bicyclic) bond motifs is 2. The van der Waals surface area contributed by atoms with E-state index in [0.717, 1.165) is 10.8 Å². The van der Waals surface area contributed by atoms with Gasteiger partial charge in [-0.3, -0.25) is 9.59 Å². The molecule has 0 radical (unpaired) electrons. The van der Waals surface area contributed by atoms with E-state index in [2.05, 4.69) is 10.6 Å². The Labute approximate surface area is 174 Å². The van der Waals surface area contributed by atoms with E-state index in [1.54, 1.807) is 19.1 Å². The Kier molecular flexibility index (Phi) is 5.17. The second-order valence-electron chi connectivity index (χ2n) is 7.09. The van der Waals surface area contributed by atoms with E-state index in [0.29, 0.717) is 22.7 Å². The van der Waals surface area contributed by atoms with E-state index < -0.39 is 9.84 Å². The van der Waals surface area contributed by atoms with Gasteiger partial charge in [0.05, 0.1) is 16.3 Å². The third kappa shape index (κ3) is 3.99. The number of anilines is 2. The molecule has 1 aliphatic rings. The molecule has 0 aliphatic carbocycles. The van der Waals surface area contributed by atoms with Crippen molar-refractivity contribution in [3.8, 4) is 5.75 Å². The number of hydrogen-bond acceptors (Lipinski definition) is 5. The van der Waals surface area contributed by atoms with Crippen LogP contribution in [0.3, 0.4) is 0 Å². The molecule has 0 bridgehead atoms. The molecule has 0 atom stereocenters. The maximum atomic E-state index is 12.8. The highest BCUT2D eigenvalue weighted by Gasteiger charge is 2.24. The Morgan fingerprint density at radius 3 is 2.73 bits per heavy atom. The van der Waals surface area contributed by atoms with Gasteiger partial charge in [0.25, 0.3) is 5.91 Å². The van der Waals surface area contributed by atoms with Crippen molar-refractivity contribution in [2.24, 2.45) is 0 Å². The highest BCUT2D eigenvalue weighted by molar-refractivity contribution is 7.91. The Bertz CT molecular complexity index is 1260. The molecule has 2 N–H and O–H groups in total. The smallest absolute Gasteiger partial charge is 0.262 e. The predicted octanol–water partition coefficient (Wildman–Crippen LogP) is 3.28. The summed E-state index contributed by atoms with van der Waals surface area (Å²) in [4.78, 5) is 24.0. The van der Waals surface area contributed by atoms with Gasteiger partial charge < -0.3 is 15.4 Å². The molecule has 30 heavy (non-hydrogen) atoms. The van der Waals surface area contributed by atoms with E-state index in [1.807, 2.05) is 36.4 Å². The maximum absolute atomic E-state index is 12.8. The molecule has 8 heteroatoms. The number of ether oxygens (including phenoxy) is 1. The van der Waals surface area contributed by atoms with Crippen LogP contribution in [0.25, 0.3) is 10.8 Å². The fourth-order valence-corrected chi connectivity index (χ4v) is 4.95. The number of aryl methyl sites for hydroxylation is 1. The van der Waals surface area contributed by atoms with E-state index >= 15 is 0 Å². The number of nitrogens with one attached hydrogen (secondary N) is 2. The summed E-state index contributed by atoms with van der Waals surface area (Å²) in [5.74, 6) is -0.703. The lowest BCUT2D eigenvalue weighted by molar-refractivity contribution is -0.118. The molecule has 0 fully saturated rings. The van der Waals surface area contributed by atoms with Crippen LogP contribution in [0.15, 0.2) is 59.5 Å². The van der Waals surface area contributed by atoms with Crippen molar-refractivity contribution in [3.05, 3.63) is 60.2 Å². The lowest BCUT2D eigenvalue weighted by atomic mass is 10.1. The first kappa shape index (κ1) is 19.9. The fourth-order valence-electron chi connectivity index (χ4n) is 3.44. The van der Waals surface area contributed by atoms with Crippen molar-refractivity contribution in [2.45, 2.75) is 18.2 Å². The molecule has 4 rings (SSSR count). The number of amides is 2. The average molecular weight is 424 g/mol. The summed E-state index contributed by atoms with van der Waals surface area (Å²) < 4.78 is 31.0. The number of sulfone groups is 1. The van der Waals surface area contributed by atoms with Gasteiger partial charge >= 0.3 is 0 Å². The zero-order valence-corrected chi connectivity index (χ0v) is 17.1. The average Bonchev–Trinajstić information content (AvgIpc) is 2.72. The SMILES string of the molecule is Cc1cc2c(cc1S(=O)(=O)CCC(=O)Nc1cccc3ccccc13)OCC(=O)N2. The summed E-state index contributed by atoms with van der Waals surface area (Å²) in [5, 5.41) is 7.33. The van der Waals surface area contributed by atoms with Crippen LogP contribution in [-0.2, 0) is 19.4 Å². The molecule has 0 spiro atoms. The minimum absolute atomic E-state index is 0.0929. The van der Waals surface area contributed by atoms with Gasteiger partial charge in [-0.05, 0) is 30.0 Å². The topological polar surface area (TPSA) is 102 Å². The van der Waals surface area contributed by atoms with Crippen molar-refractivity contribution in [3.63, 3.8) is 0 Å². The third-order valence-corrected chi connectivity index (χ3v) is 6.76. The Balaban J connectivity index is 1.49. The minimum atomic E-state index is -3.72. The lowest BCUT2D eigenvalue weighted by Crippen LogP contribution is -2.26. The van der Waals surface area contributed by atoms with E-state index in [1.165, 1.54) is 6.07 Å². The molecule has 3 aromatic carbocycles. The second-order valence-corrected chi connectivity index (χ2v) is 9.17. The van der Waals surface area contributed by atoms with Crippen LogP contribution in [-0.4, -0.2) is 32.6 Å². The zero-order chi connectivity index (χ0) is 21.3.